The first-order valence-electron chi connectivity index (χ1n) is 8.05. The van der Waals surface area contributed by atoms with Crippen LogP contribution in [-0.4, -0.2) is 26.0 Å². The molecule has 3 rings (SSSR count). The molecule has 0 aliphatic heterocycles. The molecule has 0 bridgehead atoms. The van der Waals surface area contributed by atoms with Crippen molar-refractivity contribution in [3.8, 4) is 11.5 Å². The Bertz CT molecular complexity index is 783. The number of benzene rings is 2. The van der Waals surface area contributed by atoms with Crippen LogP contribution in [0.15, 0.2) is 42.5 Å². The van der Waals surface area contributed by atoms with Gasteiger partial charge in [-0.25, -0.2) is 0 Å². The summed E-state index contributed by atoms with van der Waals surface area (Å²) in [4.78, 5) is 24.3. The number of ether oxygens (including phenoxy) is 2. The molecule has 1 saturated carbocycles. The number of hydrogen-bond acceptors (Lipinski definition) is 4. The molecule has 25 heavy (non-hydrogen) atoms. The Morgan fingerprint density at radius 2 is 1.56 bits per heavy atom. The first-order valence-corrected chi connectivity index (χ1v) is 8.05. The van der Waals surface area contributed by atoms with Crippen LogP contribution in [0.2, 0.25) is 0 Å². The molecule has 2 aromatic carbocycles. The van der Waals surface area contributed by atoms with Crippen LogP contribution in [0.4, 0.5) is 11.4 Å². The van der Waals surface area contributed by atoms with E-state index < -0.39 is 0 Å². The molecule has 6 heteroatoms. The van der Waals surface area contributed by atoms with Gasteiger partial charge in [0.2, 0.25) is 5.91 Å². The number of anilines is 2. The van der Waals surface area contributed by atoms with Crippen LogP contribution in [0.1, 0.15) is 23.2 Å². The zero-order chi connectivity index (χ0) is 17.8. The maximum Gasteiger partial charge on any atom is 0.259 e. The molecule has 1 aliphatic rings. The molecule has 6 nitrogen and oxygen atoms in total. The number of carbonyl (C=O) groups is 2. The third-order valence-corrected chi connectivity index (χ3v) is 4.01. The molecule has 0 saturated heterocycles. The monoisotopic (exact) mass is 340 g/mol. The lowest BCUT2D eigenvalue weighted by Gasteiger charge is -2.13. The number of amides is 2. The average Bonchev–Trinajstić information content (AvgIpc) is 3.47. The maximum absolute atomic E-state index is 12.5. The molecule has 130 valence electrons. The van der Waals surface area contributed by atoms with Gasteiger partial charge < -0.3 is 20.1 Å². The minimum absolute atomic E-state index is 0.0536. The Balaban J connectivity index is 1.69. The Morgan fingerprint density at radius 1 is 0.920 bits per heavy atom. The Hall–Kier alpha value is -3.02. The van der Waals surface area contributed by atoms with Crippen molar-refractivity contribution < 1.29 is 19.1 Å². The molecule has 0 aromatic heterocycles. The number of carbonyl (C=O) groups excluding carboxylic acids is 2. The van der Waals surface area contributed by atoms with Gasteiger partial charge in [-0.2, -0.15) is 0 Å². The van der Waals surface area contributed by atoms with Crippen molar-refractivity contribution in [3.63, 3.8) is 0 Å². The first-order chi connectivity index (χ1) is 12.1. The lowest BCUT2D eigenvalue weighted by molar-refractivity contribution is -0.117. The summed E-state index contributed by atoms with van der Waals surface area (Å²) in [5.41, 5.74) is 1.72. The molecule has 1 aliphatic carbocycles. The van der Waals surface area contributed by atoms with E-state index in [4.69, 9.17) is 9.47 Å². The first kappa shape index (κ1) is 16.8. The van der Waals surface area contributed by atoms with Crippen molar-refractivity contribution in [2.45, 2.75) is 12.8 Å². The summed E-state index contributed by atoms with van der Waals surface area (Å²) >= 11 is 0. The number of para-hydroxylation sites is 1. The Kier molecular flexibility index (Phi) is 4.88. The van der Waals surface area contributed by atoms with E-state index in [1.807, 2.05) is 0 Å². The summed E-state index contributed by atoms with van der Waals surface area (Å²) in [5, 5.41) is 5.67. The van der Waals surface area contributed by atoms with Gasteiger partial charge in [0.1, 0.15) is 0 Å². The van der Waals surface area contributed by atoms with Crippen molar-refractivity contribution >= 4 is 23.2 Å². The predicted octanol–water partition coefficient (Wildman–Crippen LogP) is 3.30. The van der Waals surface area contributed by atoms with Crippen molar-refractivity contribution in [2.75, 3.05) is 24.9 Å². The number of rotatable bonds is 6. The SMILES string of the molecule is COc1cccc(C(=O)Nc2ccc(NC(=O)C3CC3)cc2)c1OC. The number of nitrogens with one attached hydrogen (secondary N) is 2. The summed E-state index contributed by atoms with van der Waals surface area (Å²) in [7, 11) is 3.01. The highest BCUT2D eigenvalue weighted by Crippen LogP contribution is 2.32. The molecule has 0 heterocycles. The van der Waals surface area contributed by atoms with E-state index >= 15 is 0 Å². The van der Waals surface area contributed by atoms with E-state index in [9.17, 15) is 9.59 Å². The van der Waals surface area contributed by atoms with Crippen LogP contribution in [0.3, 0.4) is 0 Å². The van der Waals surface area contributed by atoms with Crippen molar-refractivity contribution in [2.24, 2.45) is 5.92 Å². The highest BCUT2D eigenvalue weighted by molar-refractivity contribution is 6.07. The second-order valence-corrected chi connectivity index (χ2v) is 5.84. The predicted molar refractivity (Wildman–Crippen MR) is 95.3 cm³/mol. The molecular weight excluding hydrogens is 320 g/mol. The Morgan fingerprint density at radius 3 is 2.12 bits per heavy atom. The van der Waals surface area contributed by atoms with Gasteiger partial charge in [-0.05, 0) is 49.2 Å². The van der Waals surface area contributed by atoms with E-state index in [2.05, 4.69) is 10.6 Å². The number of methoxy groups -OCH3 is 2. The Labute approximate surface area is 146 Å². The zero-order valence-corrected chi connectivity index (χ0v) is 14.2. The summed E-state index contributed by atoms with van der Waals surface area (Å²) < 4.78 is 10.5. The van der Waals surface area contributed by atoms with Crippen LogP contribution in [0.25, 0.3) is 0 Å². The van der Waals surface area contributed by atoms with Crippen LogP contribution >= 0.6 is 0 Å². The van der Waals surface area contributed by atoms with E-state index in [0.717, 1.165) is 12.8 Å². The zero-order valence-electron chi connectivity index (χ0n) is 14.2. The van der Waals surface area contributed by atoms with Crippen LogP contribution in [0, 0.1) is 5.92 Å². The van der Waals surface area contributed by atoms with Gasteiger partial charge in [-0.15, -0.1) is 0 Å². The molecule has 0 atom stereocenters. The van der Waals surface area contributed by atoms with Gasteiger partial charge in [-0.3, -0.25) is 9.59 Å². The smallest absolute Gasteiger partial charge is 0.259 e. The molecule has 0 unspecified atom stereocenters. The number of hydrogen-bond donors (Lipinski definition) is 2. The largest absolute Gasteiger partial charge is 0.493 e. The molecular formula is C19H20N2O4. The summed E-state index contributed by atoms with van der Waals surface area (Å²) in [5.74, 6) is 0.785. The fourth-order valence-electron chi connectivity index (χ4n) is 2.49. The average molecular weight is 340 g/mol. The maximum atomic E-state index is 12.5. The van der Waals surface area contributed by atoms with Crippen LogP contribution in [-0.2, 0) is 4.79 Å². The second-order valence-electron chi connectivity index (χ2n) is 5.84. The van der Waals surface area contributed by atoms with Crippen LogP contribution in [0.5, 0.6) is 11.5 Å². The van der Waals surface area contributed by atoms with Gasteiger partial charge in [0, 0.05) is 17.3 Å². The lowest BCUT2D eigenvalue weighted by atomic mass is 10.1. The lowest BCUT2D eigenvalue weighted by Crippen LogP contribution is -2.14. The third-order valence-electron chi connectivity index (χ3n) is 4.01. The topological polar surface area (TPSA) is 76.7 Å². The molecule has 2 N–H and O–H groups in total. The van der Waals surface area contributed by atoms with E-state index in [0.29, 0.717) is 28.4 Å². The summed E-state index contributed by atoms with van der Waals surface area (Å²) in [6, 6.07) is 12.1. The normalized spacial score (nSPS) is 13.0. The fraction of sp³-hybridized carbons (Fsp3) is 0.263. The molecule has 2 amide bonds. The standard InChI is InChI=1S/C19H20N2O4/c1-24-16-5-3-4-15(17(16)25-2)19(23)21-14-10-8-13(9-11-14)20-18(22)12-6-7-12/h3-5,8-12H,6-7H2,1-2H3,(H,20,22)(H,21,23). The molecule has 0 spiro atoms. The third kappa shape index (κ3) is 3.91. The van der Waals surface area contributed by atoms with Crippen molar-refractivity contribution in [1.29, 1.82) is 0 Å². The molecule has 2 aromatic rings. The van der Waals surface area contributed by atoms with Crippen molar-refractivity contribution in [1.82, 2.24) is 0 Å². The van der Waals surface area contributed by atoms with Gasteiger partial charge >= 0.3 is 0 Å². The van der Waals surface area contributed by atoms with Gasteiger partial charge in [-0.1, -0.05) is 6.07 Å². The van der Waals surface area contributed by atoms with Crippen LogP contribution < -0.4 is 20.1 Å². The highest BCUT2D eigenvalue weighted by atomic mass is 16.5. The quantitative estimate of drug-likeness (QED) is 0.846. The summed E-state index contributed by atoms with van der Waals surface area (Å²) in [6.07, 6.45) is 1.92. The van der Waals surface area contributed by atoms with Gasteiger partial charge in [0.25, 0.3) is 5.91 Å². The summed E-state index contributed by atoms with van der Waals surface area (Å²) in [6.45, 7) is 0. The van der Waals surface area contributed by atoms with Gasteiger partial charge in [0.15, 0.2) is 11.5 Å². The second kappa shape index (κ2) is 7.25. The van der Waals surface area contributed by atoms with E-state index in [1.165, 1.54) is 14.2 Å². The fourth-order valence-corrected chi connectivity index (χ4v) is 2.49. The molecule has 0 radical (unpaired) electrons. The van der Waals surface area contributed by atoms with Gasteiger partial charge in [0.05, 0.1) is 19.8 Å². The minimum atomic E-state index is -0.300. The van der Waals surface area contributed by atoms with E-state index in [-0.39, 0.29) is 17.7 Å². The molecule has 1 fully saturated rings. The van der Waals surface area contributed by atoms with Crippen molar-refractivity contribution in [3.05, 3.63) is 48.0 Å². The van der Waals surface area contributed by atoms with E-state index in [1.54, 1.807) is 42.5 Å². The minimum Gasteiger partial charge on any atom is -0.493 e. The highest BCUT2D eigenvalue weighted by Gasteiger charge is 2.29.